The first kappa shape index (κ1) is 15.0. The van der Waals surface area contributed by atoms with Crippen LogP contribution in [0.2, 0.25) is 0 Å². The summed E-state index contributed by atoms with van der Waals surface area (Å²) in [6, 6.07) is 6.11. The van der Waals surface area contributed by atoms with Gasteiger partial charge in [0, 0.05) is 50.4 Å². The molecule has 5 heterocycles. The van der Waals surface area contributed by atoms with Gasteiger partial charge in [0.15, 0.2) is 23.0 Å². The molecule has 2 fully saturated rings. The van der Waals surface area contributed by atoms with Crippen molar-refractivity contribution in [3.63, 3.8) is 0 Å². The highest BCUT2D eigenvalue weighted by molar-refractivity contribution is 5.52. The third kappa shape index (κ3) is 2.26. The summed E-state index contributed by atoms with van der Waals surface area (Å²) < 4.78 is 1.79. The largest absolute Gasteiger partial charge is 0.354 e. The molecule has 0 aromatic carbocycles. The van der Waals surface area contributed by atoms with Crippen LogP contribution in [0.25, 0.3) is 5.65 Å². The topological polar surface area (TPSA) is 99.1 Å². The van der Waals surface area contributed by atoms with E-state index >= 15 is 0 Å². The van der Waals surface area contributed by atoms with E-state index in [2.05, 4.69) is 41.1 Å². The molecule has 2 atom stereocenters. The zero-order chi connectivity index (χ0) is 17.7. The zero-order valence-corrected chi connectivity index (χ0v) is 14.3. The van der Waals surface area contributed by atoms with Gasteiger partial charge in [0.05, 0.1) is 0 Å². The molecule has 3 aromatic rings. The minimum atomic E-state index is 0.402. The van der Waals surface area contributed by atoms with Crippen molar-refractivity contribution >= 4 is 17.3 Å². The molecule has 130 valence electrons. The van der Waals surface area contributed by atoms with Crippen molar-refractivity contribution < 1.29 is 0 Å². The number of hydrogen-bond acceptors (Lipinski definition) is 8. The molecular formula is C17H17N9. The number of hydrogen-bond donors (Lipinski definition) is 0. The average Bonchev–Trinajstić information content (AvgIpc) is 3.35. The van der Waals surface area contributed by atoms with Gasteiger partial charge in [-0.15, -0.1) is 15.3 Å². The van der Waals surface area contributed by atoms with Crippen LogP contribution in [-0.2, 0) is 0 Å². The van der Waals surface area contributed by atoms with Gasteiger partial charge in [0.2, 0.25) is 0 Å². The molecule has 0 aliphatic carbocycles. The summed E-state index contributed by atoms with van der Waals surface area (Å²) in [5.41, 5.74) is 1.17. The lowest BCUT2D eigenvalue weighted by Crippen LogP contribution is -2.30. The molecule has 2 saturated heterocycles. The molecular weight excluding hydrogens is 330 g/mol. The lowest BCUT2D eigenvalue weighted by molar-refractivity contribution is 0.533. The van der Waals surface area contributed by atoms with E-state index in [1.54, 1.807) is 16.9 Å². The smallest absolute Gasteiger partial charge is 0.183 e. The molecule has 2 aliphatic rings. The highest BCUT2D eigenvalue weighted by Crippen LogP contribution is 2.35. The lowest BCUT2D eigenvalue weighted by Gasteiger charge is -2.23. The molecule has 5 rings (SSSR count). The summed E-state index contributed by atoms with van der Waals surface area (Å²) in [6.07, 6.45) is 3.21. The second-order valence-corrected chi connectivity index (χ2v) is 6.88. The fourth-order valence-corrected chi connectivity index (χ4v) is 4.05. The Kier molecular flexibility index (Phi) is 3.25. The minimum Gasteiger partial charge on any atom is -0.354 e. The van der Waals surface area contributed by atoms with Crippen molar-refractivity contribution in [2.24, 2.45) is 11.8 Å². The minimum absolute atomic E-state index is 0.402. The molecule has 0 amide bonds. The number of rotatable bonds is 2. The quantitative estimate of drug-likeness (QED) is 0.667. The molecule has 0 N–H and O–H groups in total. The van der Waals surface area contributed by atoms with Crippen LogP contribution in [0.4, 0.5) is 11.6 Å². The van der Waals surface area contributed by atoms with Crippen molar-refractivity contribution in [1.29, 1.82) is 5.26 Å². The number of fused-ring (bicyclic) bond motifs is 2. The van der Waals surface area contributed by atoms with Gasteiger partial charge in [-0.05, 0) is 19.1 Å². The molecule has 0 radical (unpaired) electrons. The first-order valence-electron chi connectivity index (χ1n) is 8.63. The summed E-state index contributed by atoms with van der Waals surface area (Å²) >= 11 is 0. The Bertz CT molecular complexity index is 1010. The maximum Gasteiger partial charge on any atom is 0.183 e. The highest BCUT2D eigenvalue weighted by Gasteiger charge is 2.41. The van der Waals surface area contributed by atoms with Gasteiger partial charge in [-0.3, -0.25) is 0 Å². The second kappa shape index (κ2) is 5.62. The van der Waals surface area contributed by atoms with Gasteiger partial charge in [-0.1, -0.05) is 0 Å². The van der Waals surface area contributed by atoms with Gasteiger partial charge in [-0.2, -0.15) is 9.78 Å². The second-order valence-electron chi connectivity index (χ2n) is 6.88. The molecule has 0 spiro atoms. The average molecular weight is 347 g/mol. The molecule has 2 aliphatic heterocycles. The van der Waals surface area contributed by atoms with Crippen LogP contribution in [0.1, 0.15) is 11.5 Å². The third-order valence-corrected chi connectivity index (χ3v) is 5.30. The Morgan fingerprint density at radius 2 is 1.73 bits per heavy atom. The van der Waals surface area contributed by atoms with E-state index in [4.69, 9.17) is 0 Å². The predicted molar refractivity (Wildman–Crippen MR) is 93.7 cm³/mol. The maximum atomic E-state index is 9.26. The monoisotopic (exact) mass is 347 g/mol. The van der Waals surface area contributed by atoms with E-state index in [-0.39, 0.29) is 0 Å². The van der Waals surface area contributed by atoms with E-state index < -0.39 is 0 Å². The van der Waals surface area contributed by atoms with Crippen molar-refractivity contribution in [2.45, 2.75) is 6.92 Å². The van der Waals surface area contributed by atoms with Crippen LogP contribution in [0.5, 0.6) is 0 Å². The van der Waals surface area contributed by atoms with E-state index in [1.165, 1.54) is 0 Å². The Morgan fingerprint density at radius 1 is 1.00 bits per heavy atom. The normalized spacial score (nSPS) is 22.0. The SMILES string of the molecule is Cc1nnc2ccc(N3CC4CN(c5nccnc5C#N)CC4C3)nn12. The van der Waals surface area contributed by atoms with Gasteiger partial charge < -0.3 is 9.80 Å². The summed E-state index contributed by atoms with van der Waals surface area (Å²) in [5, 5.41) is 22.1. The number of aryl methyl sites for hydroxylation is 1. The molecule has 0 saturated carbocycles. The number of anilines is 2. The summed E-state index contributed by atoms with van der Waals surface area (Å²) in [6.45, 7) is 5.58. The summed E-state index contributed by atoms with van der Waals surface area (Å²) in [5.74, 6) is 3.51. The molecule has 0 bridgehead atoms. The maximum absolute atomic E-state index is 9.26. The summed E-state index contributed by atoms with van der Waals surface area (Å²) in [7, 11) is 0. The third-order valence-electron chi connectivity index (χ3n) is 5.30. The van der Waals surface area contributed by atoms with Crippen LogP contribution >= 0.6 is 0 Å². The van der Waals surface area contributed by atoms with Crippen LogP contribution in [0, 0.1) is 30.1 Å². The van der Waals surface area contributed by atoms with Gasteiger partial charge >= 0.3 is 0 Å². The summed E-state index contributed by atoms with van der Waals surface area (Å²) in [4.78, 5) is 13.0. The highest BCUT2D eigenvalue weighted by atomic mass is 15.4. The molecule has 26 heavy (non-hydrogen) atoms. The fraction of sp³-hybridized carbons (Fsp3) is 0.412. The molecule has 3 aromatic heterocycles. The Morgan fingerprint density at radius 3 is 2.50 bits per heavy atom. The van der Waals surface area contributed by atoms with Crippen LogP contribution < -0.4 is 9.80 Å². The Hall–Kier alpha value is -3.28. The van der Waals surface area contributed by atoms with Crippen molar-refractivity contribution in [2.75, 3.05) is 36.0 Å². The van der Waals surface area contributed by atoms with Crippen LogP contribution in [0.3, 0.4) is 0 Å². The molecule has 9 heteroatoms. The lowest BCUT2D eigenvalue weighted by atomic mass is 10.0. The van der Waals surface area contributed by atoms with Gasteiger partial charge in [0.25, 0.3) is 0 Å². The van der Waals surface area contributed by atoms with E-state index in [9.17, 15) is 5.26 Å². The van der Waals surface area contributed by atoms with Crippen LogP contribution in [0.15, 0.2) is 24.5 Å². The van der Waals surface area contributed by atoms with Gasteiger partial charge in [0.1, 0.15) is 11.9 Å². The van der Waals surface area contributed by atoms with E-state index in [0.717, 1.165) is 43.5 Å². The van der Waals surface area contributed by atoms with E-state index in [1.807, 2.05) is 19.1 Å². The van der Waals surface area contributed by atoms with E-state index in [0.29, 0.717) is 23.3 Å². The number of nitrogens with zero attached hydrogens (tertiary/aromatic N) is 9. The number of aromatic nitrogens is 6. The van der Waals surface area contributed by atoms with Crippen molar-refractivity contribution in [3.05, 3.63) is 36.0 Å². The predicted octanol–water partition coefficient (Wildman–Crippen LogP) is 0.667. The Labute approximate surface area is 149 Å². The first-order chi connectivity index (χ1) is 12.7. The number of nitriles is 1. The standard InChI is InChI=1S/C17H17N9/c1-11-21-22-15-2-3-16(23-26(11)15)24-7-12-9-25(10-13(12)8-24)17-14(6-18)19-4-5-20-17/h2-5,12-13H,7-10H2,1H3. The van der Waals surface area contributed by atoms with Crippen LogP contribution in [-0.4, -0.2) is 56.0 Å². The fourth-order valence-electron chi connectivity index (χ4n) is 4.05. The van der Waals surface area contributed by atoms with Crippen molar-refractivity contribution in [3.8, 4) is 6.07 Å². The zero-order valence-electron chi connectivity index (χ0n) is 14.3. The molecule has 9 nitrogen and oxygen atoms in total. The van der Waals surface area contributed by atoms with Gasteiger partial charge in [-0.25, -0.2) is 9.97 Å². The van der Waals surface area contributed by atoms with Crippen molar-refractivity contribution in [1.82, 2.24) is 29.8 Å². The first-order valence-corrected chi connectivity index (χ1v) is 8.63. The Balaban J connectivity index is 1.35. The molecule has 2 unspecified atom stereocenters.